The minimum atomic E-state index is -0.689. The monoisotopic (exact) mass is 239 g/mol. The summed E-state index contributed by atoms with van der Waals surface area (Å²) < 4.78 is 0. The van der Waals surface area contributed by atoms with E-state index in [1.165, 1.54) is 6.42 Å². The van der Waals surface area contributed by atoms with Crippen LogP contribution in [0.25, 0.3) is 0 Å². The fourth-order valence-corrected chi connectivity index (χ4v) is 2.93. The van der Waals surface area contributed by atoms with Crippen LogP contribution in [0.5, 0.6) is 0 Å². The molecule has 2 unspecified atom stereocenters. The molecule has 0 bridgehead atoms. The van der Waals surface area contributed by atoms with Gasteiger partial charge >= 0.3 is 0 Å². The molecule has 17 heavy (non-hydrogen) atoms. The third-order valence-corrected chi connectivity index (χ3v) is 3.91. The van der Waals surface area contributed by atoms with Crippen molar-refractivity contribution in [1.82, 2.24) is 4.90 Å². The summed E-state index contributed by atoms with van der Waals surface area (Å²) in [4.78, 5) is 14.3. The number of piperidine rings is 1. The number of hydrogen-bond donors (Lipinski definition) is 2. The smallest absolute Gasteiger partial charge is 0.236 e. The van der Waals surface area contributed by atoms with Gasteiger partial charge in [-0.1, -0.05) is 19.0 Å². The number of carbonyl (C=O) groups excluding carboxylic acids is 1. The lowest BCUT2D eigenvalue weighted by molar-refractivity contribution is -0.137. The lowest BCUT2D eigenvalue weighted by atomic mass is 9.90. The van der Waals surface area contributed by atoms with Crippen molar-refractivity contribution in [1.29, 1.82) is 0 Å². The molecule has 0 aromatic carbocycles. The van der Waals surface area contributed by atoms with Gasteiger partial charge in [-0.15, -0.1) is 0 Å². The first kappa shape index (κ1) is 12.2. The Hall–Kier alpha value is -1.26. The summed E-state index contributed by atoms with van der Waals surface area (Å²) >= 11 is 0. The second kappa shape index (κ2) is 4.20. The van der Waals surface area contributed by atoms with Crippen LogP contribution in [0.3, 0.4) is 0 Å². The number of carbonyl (C=O) groups is 1. The van der Waals surface area contributed by atoms with Crippen molar-refractivity contribution in [2.24, 2.45) is 28.1 Å². The van der Waals surface area contributed by atoms with Crippen LogP contribution in [-0.2, 0) is 4.79 Å². The maximum Gasteiger partial charge on any atom is 0.236 e. The summed E-state index contributed by atoms with van der Waals surface area (Å²) in [6.45, 7) is 5.92. The van der Waals surface area contributed by atoms with E-state index in [0.717, 1.165) is 13.1 Å². The van der Waals surface area contributed by atoms with Gasteiger partial charge in [0, 0.05) is 13.1 Å². The zero-order valence-electron chi connectivity index (χ0n) is 10.5. The zero-order valence-corrected chi connectivity index (χ0v) is 10.5. The Balaban J connectivity index is 2.10. The first-order valence-corrected chi connectivity index (χ1v) is 6.27. The van der Waals surface area contributed by atoms with Crippen molar-refractivity contribution >= 4 is 11.7 Å². The van der Waals surface area contributed by atoms with Gasteiger partial charge in [0.05, 0.1) is 0 Å². The summed E-state index contributed by atoms with van der Waals surface area (Å²) in [5.74, 6) is 1.19. The van der Waals surface area contributed by atoms with Crippen LogP contribution in [-0.4, -0.2) is 34.9 Å². The molecule has 3 N–H and O–H groups in total. The quantitative estimate of drug-likeness (QED) is 0.327. The molecular weight excluding hydrogens is 218 g/mol. The molecule has 5 heteroatoms. The second-order valence-electron chi connectivity index (χ2n) is 5.72. The fourth-order valence-electron chi connectivity index (χ4n) is 2.93. The molecule has 0 radical (unpaired) electrons. The second-order valence-corrected chi connectivity index (χ2v) is 5.72. The van der Waals surface area contributed by atoms with Gasteiger partial charge in [0.15, 0.2) is 5.84 Å². The summed E-state index contributed by atoms with van der Waals surface area (Å²) in [6.07, 6.45) is 2.59. The Morgan fingerprint density at radius 1 is 1.35 bits per heavy atom. The molecule has 0 aromatic rings. The van der Waals surface area contributed by atoms with Gasteiger partial charge in [-0.05, 0) is 31.1 Å². The SMILES string of the molecule is CC1CC(C)CN(C(=O)C2(C(N)=NO)CC2)C1. The van der Waals surface area contributed by atoms with Crippen molar-refractivity contribution in [2.45, 2.75) is 33.1 Å². The topological polar surface area (TPSA) is 78.9 Å². The van der Waals surface area contributed by atoms with E-state index in [9.17, 15) is 4.79 Å². The minimum Gasteiger partial charge on any atom is -0.409 e. The van der Waals surface area contributed by atoms with Crippen molar-refractivity contribution in [3.05, 3.63) is 0 Å². The molecule has 2 fully saturated rings. The van der Waals surface area contributed by atoms with E-state index in [1.807, 2.05) is 4.90 Å². The molecule has 1 aliphatic carbocycles. The maximum atomic E-state index is 12.4. The number of amides is 1. The number of amidine groups is 1. The van der Waals surface area contributed by atoms with Gasteiger partial charge in [-0.3, -0.25) is 4.79 Å². The van der Waals surface area contributed by atoms with Gasteiger partial charge in [-0.2, -0.15) is 0 Å². The van der Waals surface area contributed by atoms with Crippen LogP contribution >= 0.6 is 0 Å². The lowest BCUT2D eigenvalue weighted by Crippen LogP contribution is -2.49. The van der Waals surface area contributed by atoms with E-state index in [2.05, 4.69) is 19.0 Å². The molecule has 1 heterocycles. The molecule has 2 rings (SSSR count). The van der Waals surface area contributed by atoms with Gasteiger partial charge in [-0.25, -0.2) is 0 Å². The summed E-state index contributed by atoms with van der Waals surface area (Å²) in [5.41, 5.74) is 4.95. The number of nitrogens with zero attached hydrogens (tertiary/aromatic N) is 2. The highest BCUT2D eigenvalue weighted by molar-refractivity contribution is 6.09. The largest absolute Gasteiger partial charge is 0.409 e. The molecule has 2 aliphatic rings. The van der Waals surface area contributed by atoms with Crippen LogP contribution in [0.4, 0.5) is 0 Å². The highest BCUT2D eigenvalue weighted by Crippen LogP contribution is 2.48. The molecule has 0 spiro atoms. The molecule has 1 amide bonds. The van der Waals surface area contributed by atoms with Gasteiger partial charge in [0.25, 0.3) is 0 Å². The van der Waals surface area contributed by atoms with Crippen molar-refractivity contribution < 1.29 is 10.0 Å². The van der Waals surface area contributed by atoms with E-state index in [-0.39, 0.29) is 11.7 Å². The Labute approximate surface area is 102 Å². The highest BCUT2D eigenvalue weighted by Gasteiger charge is 2.56. The standard InChI is InChI=1S/C12H21N3O2/c1-8-5-9(2)7-15(6-8)11(16)12(3-4-12)10(13)14-17/h8-9,17H,3-7H2,1-2H3,(H2,13,14). The Bertz CT molecular complexity index is 340. The number of hydrogen-bond acceptors (Lipinski definition) is 3. The lowest BCUT2D eigenvalue weighted by Gasteiger charge is -2.36. The van der Waals surface area contributed by atoms with E-state index in [1.54, 1.807) is 0 Å². The van der Waals surface area contributed by atoms with E-state index >= 15 is 0 Å². The van der Waals surface area contributed by atoms with Gasteiger partial charge in [0.2, 0.25) is 5.91 Å². The molecule has 96 valence electrons. The Kier molecular flexibility index (Phi) is 3.02. The minimum absolute atomic E-state index is 0.0474. The van der Waals surface area contributed by atoms with Gasteiger partial charge < -0.3 is 15.8 Å². The predicted molar refractivity (Wildman–Crippen MR) is 64.6 cm³/mol. The predicted octanol–water partition coefficient (Wildman–Crippen LogP) is 1.02. The molecule has 0 aromatic heterocycles. The molecule has 1 saturated heterocycles. The third-order valence-electron chi connectivity index (χ3n) is 3.91. The van der Waals surface area contributed by atoms with E-state index < -0.39 is 5.41 Å². The summed E-state index contributed by atoms with van der Waals surface area (Å²) in [5, 5.41) is 11.8. The number of nitrogens with two attached hydrogens (primary N) is 1. The van der Waals surface area contributed by atoms with Crippen LogP contribution in [0.2, 0.25) is 0 Å². The number of oxime groups is 1. The summed E-state index contributed by atoms with van der Waals surface area (Å²) in [7, 11) is 0. The zero-order chi connectivity index (χ0) is 12.6. The van der Waals surface area contributed by atoms with E-state index in [0.29, 0.717) is 24.7 Å². The van der Waals surface area contributed by atoms with E-state index in [4.69, 9.17) is 10.9 Å². The fraction of sp³-hybridized carbons (Fsp3) is 0.833. The number of likely N-dealkylation sites (tertiary alicyclic amines) is 1. The van der Waals surface area contributed by atoms with Crippen LogP contribution in [0.1, 0.15) is 33.1 Å². The first-order chi connectivity index (χ1) is 7.99. The molecule has 2 atom stereocenters. The molecule has 1 saturated carbocycles. The van der Waals surface area contributed by atoms with Crippen molar-refractivity contribution in [2.75, 3.05) is 13.1 Å². The molecule has 1 aliphatic heterocycles. The Morgan fingerprint density at radius 2 is 1.88 bits per heavy atom. The first-order valence-electron chi connectivity index (χ1n) is 6.27. The highest BCUT2D eigenvalue weighted by atomic mass is 16.4. The maximum absolute atomic E-state index is 12.4. The molecular formula is C12H21N3O2. The van der Waals surface area contributed by atoms with Crippen LogP contribution in [0.15, 0.2) is 5.16 Å². The van der Waals surface area contributed by atoms with Crippen LogP contribution in [0, 0.1) is 17.3 Å². The van der Waals surface area contributed by atoms with Crippen molar-refractivity contribution in [3.63, 3.8) is 0 Å². The summed E-state index contributed by atoms with van der Waals surface area (Å²) in [6, 6.07) is 0. The van der Waals surface area contributed by atoms with Crippen LogP contribution < -0.4 is 5.73 Å². The average molecular weight is 239 g/mol. The number of rotatable bonds is 2. The van der Waals surface area contributed by atoms with Crippen molar-refractivity contribution in [3.8, 4) is 0 Å². The average Bonchev–Trinajstić information content (AvgIpc) is 3.07. The van der Waals surface area contributed by atoms with Gasteiger partial charge in [0.1, 0.15) is 5.41 Å². The Morgan fingerprint density at radius 3 is 2.29 bits per heavy atom. The molecule has 5 nitrogen and oxygen atoms in total. The third kappa shape index (κ3) is 2.10. The normalized spacial score (nSPS) is 32.4.